The molecular weight excluding hydrogens is 480 g/mol. The number of aryl methyl sites for hydroxylation is 2. The zero-order valence-corrected chi connectivity index (χ0v) is 22.8. The molecule has 38 heavy (non-hydrogen) atoms. The average Bonchev–Trinajstić information content (AvgIpc) is 2.91. The molecule has 0 fully saturated rings. The Morgan fingerprint density at radius 3 is 1.45 bits per heavy atom. The molecule has 0 amide bonds. The molecule has 0 aliphatic heterocycles. The van der Waals surface area contributed by atoms with Crippen LogP contribution in [-0.4, -0.2) is 59.8 Å². The first-order valence-electron chi connectivity index (χ1n) is 13.0. The number of hydrogen-bond donors (Lipinski definition) is 6. The highest BCUT2D eigenvalue weighted by molar-refractivity contribution is 5.86. The number of aliphatic hydroxyl groups excluding tert-OH is 2. The van der Waals surface area contributed by atoms with Crippen molar-refractivity contribution >= 4 is 40.2 Å². The zero-order valence-electron chi connectivity index (χ0n) is 22.8. The number of rotatable bonds is 13. The van der Waals surface area contributed by atoms with Crippen LogP contribution in [0.2, 0.25) is 0 Å². The van der Waals surface area contributed by atoms with E-state index in [9.17, 15) is 20.4 Å². The fourth-order valence-electron chi connectivity index (χ4n) is 4.51. The van der Waals surface area contributed by atoms with Gasteiger partial charge in [-0.3, -0.25) is 0 Å². The summed E-state index contributed by atoms with van der Waals surface area (Å²) in [7, 11) is 0. The van der Waals surface area contributed by atoms with Crippen LogP contribution in [0.15, 0.2) is 49.0 Å². The molecule has 0 bridgehead atoms. The maximum Gasteiger partial charge on any atom is 0.150 e. The number of aromatic hydroxyl groups is 2. The molecule has 3 aromatic rings. The third-order valence-corrected chi connectivity index (χ3v) is 6.71. The Morgan fingerprint density at radius 2 is 1.13 bits per heavy atom. The maximum atomic E-state index is 10.9. The number of hydrogen-bond acceptors (Lipinski definition) is 8. The van der Waals surface area contributed by atoms with Crippen LogP contribution < -0.4 is 20.4 Å². The molecule has 0 unspecified atom stereocenters. The van der Waals surface area contributed by atoms with E-state index in [0.717, 1.165) is 47.0 Å². The molecule has 6 N–H and O–H groups in total. The molecule has 0 aliphatic carbocycles. The molecule has 0 heterocycles. The number of phenolic OH excluding ortho intramolecular Hbond substituents is 2. The van der Waals surface area contributed by atoms with E-state index in [2.05, 4.69) is 27.0 Å². The normalized spacial score (nSPS) is 10.8. The molecule has 3 aromatic carbocycles. The van der Waals surface area contributed by atoms with Gasteiger partial charge in [0.05, 0.1) is 30.2 Å². The molecule has 0 saturated carbocycles. The minimum atomic E-state index is -0.100. The van der Waals surface area contributed by atoms with Crippen molar-refractivity contribution in [1.82, 2.24) is 0 Å². The second-order valence-corrected chi connectivity index (χ2v) is 9.14. The predicted molar refractivity (Wildman–Crippen MR) is 159 cm³/mol. The highest BCUT2D eigenvalue weighted by atomic mass is 16.3. The number of benzene rings is 3. The fraction of sp³-hybridized carbons (Fsp3) is 0.333. The van der Waals surface area contributed by atoms with E-state index in [-0.39, 0.29) is 30.3 Å². The van der Waals surface area contributed by atoms with Crippen molar-refractivity contribution in [1.29, 1.82) is 0 Å². The summed E-state index contributed by atoms with van der Waals surface area (Å²) in [4.78, 5) is 4.17. The Balaban J connectivity index is 1.94. The number of likely N-dealkylation sites (N-methyl/N-ethyl adjacent to an activating group) is 2. The van der Waals surface area contributed by atoms with Crippen molar-refractivity contribution in [3.05, 3.63) is 65.7 Å². The molecule has 0 saturated heterocycles. The largest absolute Gasteiger partial charge is 0.505 e. The summed E-state index contributed by atoms with van der Waals surface area (Å²) >= 11 is 0. The number of nitrogens with one attached hydrogen (secondary N) is 2. The average molecular weight is 521 g/mol. The SMILES string of the molecule is C=Cc1c(O)c(Nc2ccc(N(CC)CCO)cc2C)cc(Nc2ccc(N(CC)CCO)cc2C)c1O. The Kier molecular flexibility index (Phi) is 9.87. The third-order valence-electron chi connectivity index (χ3n) is 6.71. The molecule has 0 radical (unpaired) electrons. The van der Waals surface area contributed by atoms with Crippen molar-refractivity contribution in [3.8, 4) is 11.5 Å². The summed E-state index contributed by atoms with van der Waals surface area (Å²) in [5, 5.41) is 47.1. The van der Waals surface area contributed by atoms with Crippen LogP contribution in [0.5, 0.6) is 11.5 Å². The van der Waals surface area contributed by atoms with Crippen molar-refractivity contribution in [2.45, 2.75) is 27.7 Å². The van der Waals surface area contributed by atoms with Crippen molar-refractivity contribution in [3.63, 3.8) is 0 Å². The Hall–Kier alpha value is -3.88. The van der Waals surface area contributed by atoms with Gasteiger partial charge in [-0.2, -0.15) is 0 Å². The predicted octanol–water partition coefficient (Wildman–Crippen LogP) is 5.48. The van der Waals surface area contributed by atoms with Crippen molar-refractivity contribution < 1.29 is 20.4 Å². The second-order valence-electron chi connectivity index (χ2n) is 9.14. The third kappa shape index (κ3) is 6.33. The maximum absolute atomic E-state index is 10.9. The van der Waals surface area contributed by atoms with E-state index in [4.69, 9.17) is 0 Å². The van der Waals surface area contributed by atoms with Gasteiger partial charge in [-0.1, -0.05) is 12.7 Å². The van der Waals surface area contributed by atoms with Crippen LogP contribution in [-0.2, 0) is 0 Å². The van der Waals surface area contributed by atoms with Gasteiger partial charge in [0.15, 0.2) is 0 Å². The van der Waals surface area contributed by atoms with Crippen LogP contribution in [0.1, 0.15) is 30.5 Å². The van der Waals surface area contributed by atoms with Gasteiger partial charge in [-0.15, -0.1) is 0 Å². The molecule has 0 atom stereocenters. The van der Waals surface area contributed by atoms with E-state index in [1.165, 1.54) is 6.08 Å². The van der Waals surface area contributed by atoms with E-state index in [0.29, 0.717) is 24.5 Å². The van der Waals surface area contributed by atoms with Gasteiger partial charge in [0, 0.05) is 48.9 Å². The fourth-order valence-corrected chi connectivity index (χ4v) is 4.51. The van der Waals surface area contributed by atoms with E-state index >= 15 is 0 Å². The minimum Gasteiger partial charge on any atom is -0.505 e. The molecular formula is C30H40N4O4. The highest BCUT2D eigenvalue weighted by Crippen LogP contribution is 2.44. The quantitative estimate of drug-likeness (QED) is 0.130. The number of aliphatic hydroxyl groups is 2. The van der Waals surface area contributed by atoms with E-state index < -0.39 is 0 Å². The Morgan fingerprint density at radius 1 is 0.711 bits per heavy atom. The second kappa shape index (κ2) is 13.1. The van der Waals surface area contributed by atoms with E-state index in [1.807, 2.05) is 64.1 Å². The summed E-state index contributed by atoms with van der Waals surface area (Å²) in [5.74, 6) is -0.201. The Labute approximate surface area is 225 Å². The summed E-state index contributed by atoms with van der Waals surface area (Å²) < 4.78 is 0. The van der Waals surface area contributed by atoms with Gasteiger partial charge in [0.25, 0.3) is 0 Å². The Bertz CT molecular complexity index is 1170. The van der Waals surface area contributed by atoms with Crippen LogP contribution >= 0.6 is 0 Å². The lowest BCUT2D eigenvalue weighted by Crippen LogP contribution is -2.26. The van der Waals surface area contributed by atoms with Crippen LogP contribution in [0.25, 0.3) is 6.08 Å². The first-order chi connectivity index (χ1) is 18.3. The lowest BCUT2D eigenvalue weighted by Gasteiger charge is -2.24. The van der Waals surface area contributed by atoms with Crippen LogP contribution in [0.4, 0.5) is 34.1 Å². The molecule has 8 nitrogen and oxygen atoms in total. The van der Waals surface area contributed by atoms with Crippen molar-refractivity contribution in [2.24, 2.45) is 0 Å². The van der Waals surface area contributed by atoms with Gasteiger partial charge in [0.1, 0.15) is 11.5 Å². The van der Waals surface area contributed by atoms with Gasteiger partial charge in [-0.05, 0) is 81.3 Å². The lowest BCUT2D eigenvalue weighted by molar-refractivity contribution is 0.302. The zero-order chi connectivity index (χ0) is 27.8. The van der Waals surface area contributed by atoms with Crippen LogP contribution in [0.3, 0.4) is 0 Å². The van der Waals surface area contributed by atoms with Gasteiger partial charge in [-0.25, -0.2) is 0 Å². The lowest BCUT2D eigenvalue weighted by atomic mass is 10.1. The van der Waals surface area contributed by atoms with E-state index in [1.54, 1.807) is 6.07 Å². The number of anilines is 6. The van der Waals surface area contributed by atoms with Crippen LogP contribution in [0, 0.1) is 13.8 Å². The summed E-state index contributed by atoms with van der Waals surface area (Å²) in [6, 6.07) is 13.6. The first-order valence-corrected chi connectivity index (χ1v) is 13.0. The smallest absolute Gasteiger partial charge is 0.150 e. The standard InChI is InChI=1S/C30H40N4O4/c1-6-24-29(37)27(31-25-11-9-22(17-20(25)4)33(7-2)13-15-35)19-28(30(24)38)32-26-12-10-23(18-21(26)5)34(8-3)14-16-36/h6,9-12,17-19,31-32,35-38H,1,7-8,13-16H2,2-5H3. The summed E-state index contributed by atoms with van der Waals surface area (Å²) in [6.07, 6.45) is 1.43. The first kappa shape index (κ1) is 28.7. The molecule has 0 aliphatic rings. The molecule has 8 heteroatoms. The van der Waals surface area contributed by atoms with Gasteiger partial charge < -0.3 is 40.9 Å². The molecule has 0 spiro atoms. The van der Waals surface area contributed by atoms with Crippen molar-refractivity contribution in [2.75, 3.05) is 59.8 Å². The molecule has 0 aromatic heterocycles. The topological polar surface area (TPSA) is 111 Å². The number of phenols is 2. The molecule has 3 rings (SSSR count). The van der Waals surface area contributed by atoms with Gasteiger partial charge in [0.2, 0.25) is 0 Å². The summed E-state index contributed by atoms with van der Waals surface area (Å²) in [5.41, 5.74) is 6.63. The summed E-state index contributed by atoms with van der Waals surface area (Å²) in [6.45, 7) is 14.6. The number of nitrogens with zero attached hydrogens (tertiary/aromatic N) is 2. The highest BCUT2D eigenvalue weighted by Gasteiger charge is 2.18. The minimum absolute atomic E-state index is 0.0795. The monoisotopic (exact) mass is 520 g/mol. The molecule has 204 valence electrons. The van der Waals surface area contributed by atoms with Gasteiger partial charge >= 0.3 is 0 Å².